The van der Waals surface area contributed by atoms with Crippen molar-refractivity contribution in [2.24, 2.45) is 5.92 Å². The van der Waals surface area contributed by atoms with Gasteiger partial charge in [0, 0.05) is 12.2 Å². The summed E-state index contributed by atoms with van der Waals surface area (Å²) in [7, 11) is 1.63. The molecule has 0 aliphatic rings. The number of hydrogen-bond acceptors (Lipinski definition) is 4. The number of amides is 2. The first-order valence-electron chi connectivity index (χ1n) is 8.16. The zero-order valence-electron chi connectivity index (χ0n) is 15.0. The molecule has 0 aliphatic carbocycles. The zero-order valence-corrected chi connectivity index (χ0v) is 15.0. The molecule has 0 saturated carbocycles. The number of anilines is 1. The Kier molecular flexibility index (Phi) is 8.37. The number of alkyl halides is 3. The Bertz CT molecular complexity index is 589. The lowest BCUT2D eigenvalue weighted by atomic mass is 10.1. The van der Waals surface area contributed by atoms with Gasteiger partial charge in [0.15, 0.2) is 0 Å². The van der Waals surface area contributed by atoms with Crippen molar-refractivity contribution >= 4 is 17.5 Å². The fourth-order valence-corrected chi connectivity index (χ4v) is 2.04. The fraction of sp³-hybridized carbons (Fsp3) is 0.529. The highest BCUT2D eigenvalue weighted by Gasteiger charge is 2.30. The zero-order chi connectivity index (χ0) is 19.7. The summed E-state index contributed by atoms with van der Waals surface area (Å²) in [5.74, 6) is -0.431. The molecule has 26 heavy (non-hydrogen) atoms. The second kappa shape index (κ2) is 10.0. The minimum atomic E-state index is -4.76. The third-order valence-corrected chi connectivity index (χ3v) is 3.24. The van der Waals surface area contributed by atoms with Crippen molar-refractivity contribution in [3.8, 4) is 5.75 Å². The van der Waals surface area contributed by atoms with Crippen LogP contribution in [0.5, 0.6) is 5.75 Å². The molecule has 0 unspecified atom stereocenters. The minimum Gasteiger partial charge on any atom is -0.406 e. The first-order chi connectivity index (χ1) is 12.0. The van der Waals surface area contributed by atoms with Crippen molar-refractivity contribution in [2.45, 2.75) is 26.6 Å². The Labute approximate surface area is 150 Å². The Morgan fingerprint density at radius 1 is 1.12 bits per heavy atom. The molecule has 1 aromatic carbocycles. The number of carbonyl (C=O) groups excluding carboxylic acids is 2. The van der Waals surface area contributed by atoms with Crippen molar-refractivity contribution in [3.63, 3.8) is 0 Å². The average Bonchev–Trinajstić information content (AvgIpc) is 2.47. The van der Waals surface area contributed by atoms with Gasteiger partial charge >= 0.3 is 6.36 Å². The predicted molar refractivity (Wildman–Crippen MR) is 91.7 cm³/mol. The topological polar surface area (TPSA) is 70.7 Å². The SMILES string of the molecule is CC(C)CCNC(=O)CN(C)CC(=O)Nc1ccc(OC(F)(F)F)cc1. The van der Waals surface area contributed by atoms with E-state index in [-0.39, 0.29) is 30.7 Å². The van der Waals surface area contributed by atoms with Crippen molar-refractivity contribution in [3.05, 3.63) is 24.3 Å². The van der Waals surface area contributed by atoms with Crippen LogP contribution < -0.4 is 15.4 Å². The van der Waals surface area contributed by atoms with Gasteiger partial charge in [-0.05, 0) is 43.7 Å². The van der Waals surface area contributed by atoms with E-state index in [1.54, 1.807) is 11.9 Å². The van der Waals surface area contributed by atoms with Gasteiger partial charge in [-0.1, -0.05) is 13.8 Å². The van der Waals surface area contributed by atoms with Crippen molar-refractivity contribution in [1.82, 2.24) is 10.2 Å². The van der Waals surface area contributed by atoms with E-state index in [1.165, 1.54) is 12.1 Å². The largest absolute Gasteiger partial charge is 0.573 e. The molecule has 0 aromatic heterocycles. The Morgan fingerprint density at radius 3 is 2.23 bits per heavy atom. The molecule has 2 N–H and O–H groups in total. The molecule has 1 aromatic rings. The van der Waals surface area contributed by atoms with Gasteiger partial charge in [-0.15, -0.1) is 13.2 Å². The Hall–Kier alpha value is -2.29. The van der Waals surface area contributed by atoms with Crippen molar-refractivity contribution < 1.29 is 27.5 Å². The molecule has 6 nitrogen and oxygen atoms in total. The predicted octanol–water partition coefficient (Wildman–Crippen LogP) is 2.62. The molecule has 2 amide bonds. The van der Waals surface area contributed by atoms with Crippen LogP contribution in [0.1, 0.15) is 20.3 Å². The monoisotopic (exact) mass is 375 g/mol. The van der Waals surface area contributed by atoms with E-state index in [9.17, 15) is 22.8 Å². The summed E-state index contributed by atoms with van der Waals surface area (Å²) in [6, 6.07) is 4.82. The Balaban J connectivity index is 2.37. The summed E-state index contributed by atoms with van der Waals surface area (Å²) in [5.41, 5.74) is 0.333. The lowest BCUT2D eigenvalue weighted by Gasteiger charge is -2.16. The molecule has 9 heteroatoms. The van der Waals surface area contributed by atoms with Crippen molar-refractivity contribution in [2.75, 3.05) is 32.0 Å². The fourth-order valence-electron chi connectivity index (χ4n) is 2.04. The lowest BCUT2D eigenvalue weighted by Crippen LogP contribution is -2.39. The summed E-state index contributed by atoms with van der Waals surface area (Å²) in [4.78, 5) is 25.2. The molecule has 0 spiro atoms. The molecule has 146 valence electrons. The maximum Gasteiger partial charge on any atom is 0.573 e. The van der Waals surface area contributed by atoms with Crippen molar-refractivity contribution in [1.29, 1.82) is 0 Å². The second-order valence-corrected chi connectivity index (χ2v) is 6.33. The number of ether oxygens (including phenoxy) is 1. The quantitative estimate of drug-likeness (QED) is 0.696. The normalized spacial score (nSPS) is 11.5. The summed E-state index contributed by atoms with van der Waals surface area (Å²) in [6.45, 7) is 4.75. The first kappa shape index (κ1) is 21.8. The number of hydrogen-bond donors (Lipinski definition) is 2. The van der Waals surface area contributed by atoms with Crippen LogP contribution in [0.3, 0.4) is 0 Å². The van der Waals surface area contributed by atoms with Gasteiger partial charge in [0.1, 0.15) is 5.75 Å². The van der Waals surface area contributed by atoms with Crippen LogP contribution in [0, 0.1) is 5.92 Å². The van der Waals surface area contributed by atoms with Crippen LogP contribution >= 0.6 is 0 Å². The lowest BCUT2D eigenvalue weighted by molar-refractivity contribution is -0.274. The number of halogens is 3. The summed E-state index contributed by atoms with van der Waals surface area (Å²) >= 11 is 0. The van der Waals surface area contributed by atoms with Gasteiger partial charge in [0.05, 0.1) is 13.1 Å². The first-order valence-corrected chi connectivity index (χ1v) is 8.16. The van der Waals surface area contributed by atoms with Gasteiger partial charge < -0.3 is 15.4 Å². The van der Waals surface area contributed by atoms with Crippen LogP contribution in [-0.4, -0.2) is 49.8 Å². The minimum absolute atomic E-state index is 0.0294. The third kappa shape index (κ3) is 9.87. The van der Waals surface area contributed by atoms with E-state index in [4.69, 9.17) is 0 Å². The van der Waals surface area contributed by atoms with Crippen LogP contribution in [0.15, 0.2) is 24.3 Å². The number of likely N-dealkylation sites (N-methyl/N-ethyl adjacent to an activating group) is 1. The second-order valence-electron chi connectivity index (χ2n) is 6.33. The number of rotatable bonds is 9. The smallest absolute Gasteiger partial charge is 0.406 e. The number of nitrogens with one attached hydrogen (secondary N) is 2. The molecule has 1 rings (SSSR count). The summed E-state index contributed by atoms with van der Waals surface area (Å²) in [5, 5.41) is 5.32. The Morgan fingerprint density at radius 2 is 1.69 bits per heavy atom. The molecule has 0 saturated heterocycles. The van der Waals surface area contributed by atoms with E-state index >= 15 is 0 Å². The molecule has 0 atom stereocenters. The number of carbonyl (C=O) groups is 2. The standard InChI is InChI=1S/C17H24F3N3O3/c1-12(2)8-9-21-15(24)10-23(3)11-16(25)22-13-4-6-14(7-5-13)26-17(18,19)20/h4-7,12H,8-11H2,1-3H3,(H,21,24)(H,22,25). The maximum absolute atomic E-state index is 12.1. The van der Waals surface area contributed by atoms with Gasteiger partial charge in [0.25, 0.3) is 0 Å². The van der Waals surface area contributed by atoms with Crippen LogP contribution in [0.25, 0.3) is 0 Å². The molecule has 0 fully saturated rings. The highest BCUT2D eigenvalue weighted by molar-refractivity contribution is 5.92. The van der Waals surface area contributed by atoms with E-state index < -0.39 is 6.36 Å². The van der Waals surface area contributed by atoms with Crippen LogP contribution in [0.2, 0.25) is 0 Å². The average molecular weight is 375 g/mol. The van der Waals surface area contributed by atoms with Gasteiger partial charge in [-0.2, -0.15) is 0 Å². The molecule has 0 heterocycles. The van der Waals surface area contributed by atoms with E-state index in [1.807, 2.05) is 0 Å². The molecule has 0 aliphatic heterocycles. The molecular formula is C17H24F3N3O3. The van der Waals surface area contributed by atoms with E-state index in [0.717, 1.165) is 18.6 Å². The summed E-state index contributed by atoms with van der Waals surface area (Å²) < 4.78 is 40.0. The highest BCUT2D eigenvalue weighted by Crippen LogP contribution is 2.23. The van der Waals surface area contributed by atoms with Crippen LogP contribution in [-0.2, 0) is 9.59 Å². The maximum atomic E-state index is 12.1. The van der Waals surface area contributed by atoms with Crippen LogP contribution in [0.4, 0.5) is 18.9 Å². The molecule has 0 bridgehead atoms. The van der Waals surface area contributed by atoms with Gasteiger partial charge in [-0.25, -0.2) is 0 Å². The third-order valence-electron chi connectivity index (χ3n) is 3.24. The van der Waals surface area contributed by atoms with E-state index in [2.05, 4.69) is 29.2 Å². The van der Waals surface area contributed by atoms with Gasteiger partial charge in [-0.3, -0.25) is 14.5 Å². The van der Waals surface area contributed by atoms with Gasteiger partial charge in [0.2, 0.25) is 11.8 Å². The highest BCUT2D eigenvalue weighted by atomic mass is 19.4. The van der Waals surface area contributed by atoms with E-state index in [0.29, 0.717) is 18.2 Å². The summed E-state index contributed by atoms with van der Waals surface area (Å²) in [6.07, 6.45) is -3.88. The molecule has 0 radical (unpaired) electrons. The molecular weight excluding hydrogens is 351 g/mol. The number of benzene rings is 1. The number of nitrogens with zero attached hydrogens (tertiary/aromatic N) is 1.